The van der Waals surface area contributed by atoms with Gasteiger partial charge in [-0.3, -0.25) is 4.79 Å². The van der Waals surface area contributed by atoms with Gasteiger partial charge in [0.15, 0.2) is 0 Å². The van der Waals surface area contributed by atoms with Gasteiger partial charge in [-0.1, -0.05) is 33.1 Å². The van der Waals surface area contributed by atoms with Crippen LogP contribution in [0.5, 0.6) is 0 Å². The van der Waals surface area contributed by atoms with Crippen LogP contribution in [0.3, 0.4) is 0 Å². The van der Waals surface area contributed by atoms with Crippen molar-refractivity contribution in [1.82, 2.24) is 5.32 Å². The second kappa shape index (κ2) is 6.93. The lowest BCUT2D eigenvalue weighted by Crippen LogP contribution is -2.34. The number of nitrogens with one attached hydrogen (secondary N) is 1. The first-order valence-electron chi connectivity index (χ1n) is 5.38. The van der Waals surface area contributed by atoms with E-state index in [1.807, 2.05) is 20.8 Å². The summed E-state index contributed by atoms with van der Waals surface area (Å²) < 4.78 is 0. The highest BCUT2D eigenvalue weighted by Gasteiger charge is 2.12. The minimum atomic E-state index is 0.175. The van der Waals surface area contributed by atoms with Crippen molar-refractivity contribution in [3.63, 3.8) is 0 Å². The molecular formula is C11H23NO. The molecule has 0 radical (unpaired) electrons. The minimum absolute atomic E-state index is 0.175. The molecule has 1 N–H and O–H groups in total. The van der Waals surface area contributed by atoms with E-state index in [1.54, 1.807) is 0 Å². The third-order valence-corrected chi connectivity index (χ3v) is 2.12. The highest BCUT2D eigenvalue weighted by Crippen LogP contribution is 2.09. The molecule has 0 aromatic rings. The summed E-state index contributed by atoms with van der Waals surface area (Å²) >= 11 is 0. The molecule has 0 unspecified atom stereocenters. The fourth-order valence-electron chi connectivity index (χ4n) is 1.26. The smallest absolute Gasteiger partial charge is 0.223 e. The van der Waals surface area contributed by atoms with Gasteiger partial charge in [-0.15, -0.1) is 0 Å². The van der Waals surface area contributed by atoms with Gasteiger partial charge in [0.1, 0.15) is 0 Å². The summed E-state index contributed by atoms with van der Waals surface area (Å²) in [6.45, 7) is 8.18. The highest BCUT2D eigenvalue weighted by atomic mass is 16.1. The average Bonchev–Trinajstić information content (AvgIpc) is 2.03. The number of hydrogen-bond acceptors (Lipinski definition) is 1. The fraction of sp³-hybridized carbons (Fsp3) is 0.909. The van der Waals surface area contributed by atoms with Crippen molar-refractivity contribution in [2.75, 3.05) is 0 Å². The van der Waals surface area contributed by atoms with E-state index in [-0.39, 0.29) is 17.9 Å². The Bertz CT molecular complexity index is 143. The molecule has 0 fully saturated rings. The third-order valence-electron chi connectivity index (χ3n) is 2.12. The van der Waals surface area contributed by atoms with E-state index in [2.05, 4.69) is 12.2 Å². The summed E-state index contributed by atoms with van der Waals surface area (Å²) in [6.07, 6.45) is 4.65. The van der Waals surface area contributed by atoms with Crippen molar-refractivity contribution < 1.29 is 4.79 Å². The normalized spacial score (nSPS) is 13.0. The Balaban J connectivity index is 3.57. The number of unbranched alkanes of at least 4 members (excludes halogenated alkanes) is 2. The molecule has 0 aromatic heterocycles. The lowest BCUT2D eigenvalue weighted by atomic mass is 10.0. The van der Waals surface area contributed by atoms with Crippen LogP contribution in [0.1, 0.15) is 53.4 Å². The van der Waals surface area contributed by atoms with Crippen LogP contribution in [0.2, 0.25) is 0 Å². The summed E-state index contributed by atoms with van der Waals surface area (Å²) in [6, 6.07) is 0.265. The molecule has 1 atom stereocenters. The van der Waals surface area contributed by atoms with Crippen molar-refractivity contribution in [2.45, 2.75) is 59.4 Å². The van der Waals surface area contributed by atoms with Crippen LogP contribution >= 0.6 is 0 Å². The number of rotatable bonds is 6. The van der Waals surface area contributed by atoms with Gasteiger partial charge in [-0.05, 0) is 20.3 Å². The molecule has 0 aromatic carbocycles. The van der Waals surface area contributed by atoms with Gasteiger partial charge in [0.2, 0.25) is 5.91 Å². The Kier molecular flexibility index (Phi) is 6.65. The summed E-state index contributed by atoms with van der Waals surface area (Å²) in [5, 5.41) is 2.93. The molecule has 2 heteroatoms. The Labute approximate surface area is 82.1 Å². The van der Waals surface area contributed by atoms with Crippen LogP contribution in [-0.4, -0.2) is 11.9 Å². The van der Waals surface area contributed by atoms with E-state index < -0.39 is 0 Å². The predicted octanol–water partition coefficient (Wildman–Crippen LogP) is 2.73. The largest absolute Gasteiger partial charge is 0.354 e. The Morgan fingerprint density at radius 1 is 1.23 bits per heavy atom. The first-order chi connectivity index (χ1) is 6.07. The van der Waals surface area contributed by atoms with Crippen LogP contribution in [0.4, 0.5) is 0 Å². The van der Waals surface area contributed by atoms with E-state index in [9.17, 15) is 4.79 Å². The standard InChI is InChI=1S/C11H23NO/c1-5-6-7-8-10(4)11(13)12-9(2)3/h9-10H,5-8H2,1-4H3,(H,12,13)/t10-/m0/s1. The average molecular weight is 185 g/mol. The molecular weight excluding hydrogens is 162 g/mol. The third kappa shape index (κ3) is 6.62. The first kappa shape index (κ1) is 12.5. The molecule has 0 aliphatic carbocycles. The van der Waals surface area contributed by atoms with Crippen LogP contribution < -0.4 is 5.32 Å². The second-order valence-corrected chi connectivity index (χ2v) is 4.06. The zero-order chi connectivity index (χ0) is 10.3. The van der Waals surface area contributed by atoms with E-state index in [4.69, 9.17) is 0 Å². The van der Waals surface area contributed by atoms with Crippen molar-refractivity contribution in [3.05, 3.63) is 0 Å². The quantitative estimate of drug-likeness (QED) is 0.633. The van der Waals surface area contributed by atoms with E-state index in [1.165, 1.54) is 19.3 Å². The zero-order valence-electron chi connectivity index (χ0n) is 9.39. The molecule has 2 nitrogen and oxygen atoms in total. The van der Waals surface area contributed by atoms with Gasteiger partial charge >= 0.3 is 0 Å². The van der Waals surface area contributed by atoms with Crippen LogP contribution in [0.25, 0.3) is 0 Å². The topological polar surface area (TPSA) is 29.1 Å². The molecule has 0 heterocycles. The molecule has 1 amide bonds. The molecule has 13 heavy (non-hydrogen) atoms. The lowest BCUT2D eigenvalue weighted by Gasteiger charge is -2.13. The minimum Gasteiger partial charge on any atom is -0.354 e. The monoisotopic (exact) mass is 185 g/mol. The molecule has 0 aliphatic heterocycles. The van der Waals surface area contributed by atoms with Gasteiger partial charge in [0, 0.05) is 12.0 Å². The van der Waals surface area contributed by atoms with Gasteiger partial charge in [-0.2, -0.15) is 0 Å². The Morgan fingerprint density at radius 2 is 1.85 bits per heavy atom. The van der Waals surface area contributed by atoms with Crippen molar-refractivity contribution >= 4 is 5.91 Å². The van der Waals surface area contributed by atoms with E-state index >= 15 is 0 Å². The fourth-order valence-corrected chi connectivity index (χ4v) is 1.26. The summed E-state index contributed by atoms with van der Waals surface area (Å²) in [5.41, 5.74) is 0. The summed E-state index contributed by atoms with van der Waals surface area (Å²) in [7, 11) is 0. The molecule has 0 aliphatic rings. The van der Waals surface area contributed by atoms with Gasteiger partial charge in [0.05, 0.1) is 0 Å². The highest BCUT2D eigenvalue weighted by molar-refractivity contribution is 5.78. The lowest BCUT2D eigenvalue weighted by molar-refractivity contribution is -0.125. The van der Waals surface area contributed by atoms with Gasteiger partial charge in [-0.25, -0.2) is 0 Å². The number of hydrogen-bond donors (Lipinski definition) is 1. The predicted molar refractivity (Wildman–Crippen MR) is 56.6 cm³/mol. The number of carbonyl (C=O) groups excluding carboxylic acids is 1. The molecule has 0 spiro atoms. The maximum Gasteiger partial charge on any atom is 0.223 e. The zero-order valence-corrected chi connectivity index (χ0v) is 9.39. The molecule has 0 rings (SSSR count). The second-order valence-electron chi connectivity index (χ2n) is 4.06. The number of carbonyl (C=O) groups is 1. The van der Waals surface area contributed by atoms with Gasteiger partial charge in [0.25, 0.3) is 0 Å². The van der Waals surface area contributed by atoms with E-state index in [0.29, 0.717) is 0 Å². The maximum absolute atomic E-state index is 11.4. The Hall–Kier alpha value is -0.530. The van der Waals surface area contributed by atoms with Crippen molar-refractivity contribution in [3.8, 4) is 0 Å². The van der Waals surface area contributed by atoms with Crippen molar-refractivity contribution in [1.29, 1.82) is 0 Å². The van der Waals surface area contributed by atoms with Crippen LogP contribution in [0.15, 0.2) is 0 Å². The molecule has 0 bridgehead atoms. The summed E-state index contributed by atoms with van der Waals surface area (Å²) in [5.74, 6) is 0.375. The molecule has 78 valence electrons. The summed E-state index contributed by atoms with van der Waals surface area (Å²) in [4.78, 5) is 11.4. The van der Waals surface area contributed by atoms with Crippen molar-refractivity contribution in [2.24, 2.45) is 5.92 Å². The maximum atomic E-state index is 11.4. The van der Waals surface area contributed by atoms with Crippen LogP contribution in [-0.2, 0) is 4.79 Å². The molecule has 0 saturated carbocycles. The Morgan fingerprint density at radius 3 is 2.31 bits per heavy atom. The van der Waals surface area contributed by atoms with E-state index in [0.717, 1.165) is 6.42 Å². The van der Waals surface area contributed by atoms with Gasteiger partial charge < -0.3 is 5.32 Å². The molecule has 0 saturated heterocycles. The number of amides is 1. The first-order valence-corrected chi connectivity index (χ1v) is 5.38. The SMILES string of the molecule is CCCCC[C@H](C)C(=O)NC(C)C. The van der Waals surface area contributed by atoms with Crippen LogP contribution in [0, 0.1) is 5.92 Å².